The van der Waals surface area contributed by atoms with Crippen LogP contribution in [0.4, 0.5) is 4.39 Å². The lowest BCUT2D eigenvalue weighted by Crippen LogP contribution is -2.29. The minimum atomic E-state index is -3.65. The highest BCUT2D eigenvalue weighted by molar-refractivity contribution is 7.89. The third kappa shape index (κ3) is 2.77. The summed E-state index contributed by atoms with van der Waals surface area (Å²) in [6, 6.07) is 4.94. The maximum atomic E-state index is 13.2. The van der Waals surface area contributed by atoms with E-state index in [-0.39, 0.29) is 10.5 Å². The van der Waals surface area contributed by atoms with Gasteiger partial charge in [-0.3, -0.25) is 0 Å². The number of hydrogen-bond acceptors (Lipinski definition) is 3. The molecule has 2 unspecified atom stereocenters. The second kappa shape index (κ2) is 4.91. The third-order valence-electron chi connectivity index (χ3n) is 3.53. The molecule has 0 saturated heterocycles. The number of rotatable bonds is 4. The Morgan fingerprint density at radius 1 is 1.53 bits per heavy atom. The van der Waals surface area contributed by atoms with E-state index in [0.29, 0.717) is 18.4 Å². The van der Waals surface area contributed by atoms with E-state index in [1.54, 1.807) is 6.07 Å². The standard InChI is InChI=1S/C13H15FN2O2S/c1-9-5-11(9)8-16(2)19(17,18)12-3-4-13(14)10(6-12)7-15/h3-4,6,9,11H,5,8H2,1-2H3. The summed E-state index contributed by atoms with van der Waals surface area (Å²) >= 11 is 0. The fourth-order valence-electron chi connectivity index (χ4n) is 2.01. The van der Waals surface area contributed by atoms with Crippen molar-refractivity contribution in [3.05, 3.63) is 29.6 Å². The largest absolute Gasteiger partial charge is 0.242 e. The first-order chi connectivity index (χ1) is 8.86. The second-order valence-electron chi connectivity index (χ2n) is 5.01. The van der Waals surface area contributed by atoms with Crippen LogP contribution in [0.3, 0.4) is 0 Å². The Bertz CT molecular complexity index is 637. The topological polar surface area (TPSA) is 61.2 Å². The zero-order valence-corrected chi connectivity index (χ0v) is 11.6. The highest BCUT2D eigenvalue weighted by Crippen LogP contribution is 2.38. The number of benzene rings is 1. The van der Waals surface area contributed by atoms with Crippen molar-refractivity contribution < 1.29 is 12.8 Å². The molecule has 6 heteroatoms. The normalized spacial score (nSPS) is 22.3. The fourth-order valence-corrected chi connectivity index (χ4v) is 3.27. The number of halogens is 1. The van der Waals surface area contributed by atoms with Gasteiger partial charge in [0.25, 0.3) is 0 Å². The molecule has 19 heavy (non-hydrogen) atoms. The van der Waals surface area contributed by atoms with Gasteiger partial charge in [0.15, 0.2) is 0 Å². The molecule has 1 aliphatic rings. The van der Waals surface area contributed by atoms with Crippen molar-refractivity contribution in [1.82, 2.24) is 4.31 Å². The van der Waals surface area contributed by atoms with Crippen LogP contribution in [-0.4, -0.2) is 26.3 Å². The molecular formula is C13H15FN2O2S. The maximum absolute atomic E-state index is 13.2. The van der Waals surface area contributed by atoms with Gasteiger partial charge in [-0.15, -0.1) is 0 Å². The van der Waals surface area contributed by atoms with E-state index in [4.69, 9.17) is 5.26 Å². The molecule has 2 atom stereocenters. The van der Waals surface area contributed by atoms with Crippen molar-refractivity contribution in [1.29, 1.82) is 5.26 Å². The zero-order chi connectivity index (χ0) is 14.2. The second-order valence-corrected chi connectivity index (χ2v) is 7.06. The van der Waals surface area contributed by atoms with Crippen LogP contribution < -0.4 is 0 Å². The lowest BCUT2D eigenvalue weighted by molar-refractivity contribution is 0.444. The lowest BCUT2D eigenvalue weighted by Gasteiger charge is -2.17. The van der Waals surface area contributed by atoms with E-state index in [1.165, 1.54) is 17.4 Å². The smallest absolute Gasteiger partial charge is 0.207 e. The maximum Gasteiger partial charge on any atom is 0.242 e. The van der Waals surface area contributed by atoms with Gasteiger partial charge in [-0.1, -0.05) is 6.92 Å². The molecule has 1 aromatic rings. The molecule has 0 bridgehead atoms. The molecule has 0 spiro atoms. The number of nitriles is 1. The fraction of sp³-hybridized carbons (Fsp3) is 0.462. The molecule has 1 aliphatic carbocycles. The predicted octanol–water partition coefficient (Wildman–Crippen LogP) is 1.97. The SMILES string of the molecule is CC1CC1CN(C)S(=O)(=O)c1ccc(F)c(C#N)c1. The average molecular weight is 282 g/mol. The van der Waals surface area contributed by atoms with Crippen LogP contribution >= 0.6 is 0 Å². The molecule has 1 fully saturated rings. The highest BCUT2D eigenvalue weighted by Gasteiger charge is 2.36. The van der Waals surface area contributed by atoms with Crippen LogP contribution in [-0.2, 0) is 10.0 Å². The summed E-state index contributed by atoms with van der Waals surface area (Å²) in [6.45, 7) is 2.54. The molecule has 0 aliphatic heterocycles. The molecule has 1 saturated carbocycles. The van der Waals surface area contributed by atoms with Crippen molar-refractivity contribution >= 4 is 10.0 Å². The summed E-state index contributed by atoms with van der Waals surface area (Å²) in [5.74, 6) is 0.246. The molecule has 0 amide bonds. The van der Waals surface area contributed by atoms with Crippen molar-refractivity contribution in [2.24, 2.45) is 11.8 Å². The molecule has 0 radical (unpaired) electrons. The molecule has 0 heterocycles. The van der Waals surface area contributed by atoms with Gasteiger partial charge in [-0.05, 0) is 36.5 Å². The first-order valence-electron chi connectivity index (χ1n) is 6.02. The molecule has 4 nitrogen and oxygen atoms in total. The molecule has 0 N–H and O–H groups in total. The van der Waals surface area contributed by atoms with Gasteiger partial charge >= 0.3 is 0 Å². The van der Waals surface area contributed by atoms with E-state index in [2.05, 4.69) is 6.92 Å². The minimum absolute atomic E-state index is 0.0405. The van der Waals surface area contributed by atoms with E-state index in [9.17, 15) is 12.8 Å². The Kier molecular flexibility index (Phi) is 3.61. The van der Waals surface area contributed by atoms with Crippen molar-refractivity contribution in [3.8, 4) is 6.07 Å². The van der Waals surface area contributed by atoms with Crippen LogP contribution in [0.5, 0.6) is 0 Å². The Hall–Kier alpha value is -1.45. The van der Waals surface area contributed by atoms with Gasteiger partial charge in [0.2, 0.25) is 10.0 Å². The van der Waals surface area contributed by atoms with E-state index in [0.717, 1.165) is 18.6 Å². The summed E-state index contributed by atoms with van der Waals surface area (Å²) in [5.41, 5.74) is -0.255. The Morgan fingerprint density at radius 2 is 2.16 bits per heavy atom. The quantitative estimate of drug-likeness (QED) is 0.848. The van der Waals surface area contributed by atoms with E-state index < -0.39 is 15.8 Å². The number of hydrogen-bond donors (Lipinski definition) is 0. The van der Waals surface area contributed by atoms with Crippen LogP contribution in [0.25, 0.3) is 0 Å². The lowest BCUT2D eigenvalue weighted by atomic mass is 10.2. The predicted molar refractivity (Wildman–Crippen MR) is 68.2 cm³/mol. The first kappa shape index (κ1) is 14.0. The Labute approximate surface area is 112 Å². The van der Waals surface area contributed by atoms with Gasteiger partial charge in [-0.2, -0.15) is 5.26 Å². The van der Waals surface area contributed by atoms with E-state index in [1.807, 2.05) is 0 Å². The monoisotopic (exact) mass is 282 g/mol. The molecular weight excluding hydrogens is 267 g/mol. The number of nitrogens with zero attached hydrogens (tertiary/aromatic N) is 2. The zero-order valence-electron chi connectivity index (χ0n) is 10.8. The van der Waals surface area contributed by atoms with Gasteiger partial charge < -0.3 is 0 Å². The van der Waals surface area contributed by atoms with E-state index >= 15 is 0 Å². The summed E-state index contributed by atoms with van der Waals surface area (Å²) in [6.07, 6.45) is 1.03. The van der Waals surface area contributed by atoms with Gasteiger partial charge in [-0.25, -0.2) is 17.1 Å². The number of sulfonamides is 1. The van der Waals surface area contributed by atoms with Crippen molar-refractivity contribution in [2.75, 3.05) is 13.6 Å². The molecule has 102 valence electrons. The average Bonchev–Trinajstić information content (AvgIpc) is 3.05. The van der Waals surface area contributed by atoms with Crippen molar-refractivity contribution in [2.45, 2.75) is 18.2 Å². The van der Waals surface area contributed by atoms with Crippen LogP contribution in [0, 0.1) is 29.0 Å². The first-order valence-corrected chi connectivity index (χ1v) is 7.46. The highest BCUT2D eigenvalue weighted by atomic mass is 32.2. The van der Waals surface area contributed by atoms with Gasteiger partial charge in [0.1, 0.15) is 11.9 Å². The van der Waals surface area contributed by atoms with Crippen LogP contribution in [0.1, 0.15) is 18.9 Å². The minimum Gasteiger partial charge on any atom is -0.207 e. The summed E-state index contributed by atoms with van der Waals surface area (Å²) < 4.78 is 39.0. The van der Waals surface area contributed by atoms with Crippen LogP contribution in [0.2, 0.25) is 0 Å². The molecule has 1 aromatic carbocycles. The Balaban J connectivity index is 2.26. The Morgan fingerprint density at radius 3 is 2.68 bits per heavy atom. The summed E-state index contributed by atoms with van der Waals surface area (Å²) in [5, 5.41) is 8.74. The van der Waals surface area contributed by atoms with Crippen LogP contribution in [0.15, 0.2) is 23.1 Å². The molecule has 0 aromatic heterocycles. The molecule has 2 rings (SSSR count). The summed E-state index contributed by atoms with van der Waals surface area (Å²) in [7, 11) is -2.14. The van der Waals surface area contributed by atoms with Gasteiger partial charge in [0, 0.05) is 13.6 Å². The van der Waals surface area contributed by atoms with Crippen molar-refractivity contribution in [3.63, 3.8) is 0 Å². The summed E-state index contributed by atoms with van der Waals surface area (Å²) in [4.78, 5) is -0.0405. The third-order valence-corrected chi connectivity index (χ3v) is 5.35. The van der Waals surface area contributed by atoms with Gasteiger partial charge in [0.05, 0.1) is 10.5 Å².